The van der Waals surface area contributed by atoms with Gasteiger partial charge in [-0.25, -0.2) is 4.79 Å². The molecule has 5 rings (SSSR count). The Morgan fingerprint density at radius 1 is 0.946 bits per heavy atom. The molecule has 0 aromatic carbocycles. The van der Waals surface area contributed by atoms with Crippen LogP contribution in [0.15, 0.2) is 0 Å². The van der Waals surface area contributed by atoms with E-state index in [1.54, 1.807) is 0 Å². The summed E-state index contributed by atoms with van der Waals surface area (Å²) in [6, 6.07) is 0. The van der Waals surface area contributed by atoms with Gasteiger partial charge in [-0.15, -0.1) is 0 Å². The average Bonchev–Trinajstić information content (AvgIpc) is 3.33. The van der Waals surface area contributed by atoms with E-state index in [-0.39, 0.29) is 50.9 Å². The highest BCUT2D eigenvalue weighted by Crippen LogP contribution is 2.91. The van der Waals surface area contributed by atoms with Crippen LogP contribution < -0.4 is 0 Å². The smallest absolute Gasteiger partial charge is 0.438 e. The lowest BCUT2D eigenvalue weighted by molar-refractivity contribution is -0.183. The van der Waals surface area contributed by atoms with Crippen LogP contribution in [0.3, 0.4) is 0 Å². The van der Waals surface area contributed by atoms with E-state index in [0.717, 1.165) is 44.9 Å². The summed E-state index contributed by atoms with van der Waals surface area (Å²) in [6.45, 7) is 16.3. The Morgan fingerprint density at radius 3 is 2.22 bits per heavy atom. The second-order valence-corrected chi connectivity index (χ2v) is 15.1. The maximum Gasteiger partial charge on any atom is 0.507 e. The Morgan fingerprint density at radius 2 is 1.57 bits per heavy atom. The topological polar surface area (TPSA) is 96.2 Å². The number of carbonyl (C=O) groups excluding carboxylic acids is 1. The molecule has 2 spiro atoms. The van der Waals surface area contributed by atoms with Crippen LogP contribution in [0.4, 0.5) is 4.79 Å². The van der Waals surface area contributed by atoms with E-state index in [1.165, 1.54) is 7.11 Å². The van der Waals surface area contributed by atoms with Crippen molar-refractivity contribution in [2.75, 3.05) is 13.7 Å². The fourth-order valence-corrected chi connectivity index (χ4v) is 12.3. The summed E-state index contributed by atoms with van der Waals surface area (Å²) < 4.78 is 9.82. The second-order valence-electron chi connectivity index (χ2n) is 15.1. The van der Waals surface area contributed by atoms with Crippen molar-refractivity contribution in [2.45, 2.75) is 112 Å². The van der Waals surface area contributed by atoms with Crippen molar-refractivity contribution in [3.05, 3.63) is 0 Å². The summed E-state index contributed by atoms with van der Waals surface area (Å²) in [7, 11) is 1.32. The summed E-state index contributed by atoms with van der Waals surface area (Å²) in [5, 5.41) is 34.5. The summed E-state index contributed by atoms with van der Waals surface area (Å²) in [5.74, 6) is 1.84. The molecule has 0 aromatic rings. The molecule has 0 radical (unpaired) electrons. The van der Waals surface area contributed by atoms with Crippen LogP contribution in [0.25, 0.3) is 0 Å². The van der Waals surface area contributed by atoms with E-state index in [4.69, 9.17) is 4.74 Å². The number of methoxy groups -OCH3 is 1. The number of aliphatic hydroxyl groups is 3. The minimum absolute atomic E-state index is 0.00206. The highest BCUT2D eigenvalue weighted by Gasteiger charge is 2.87. The fourth-order valence-electron chi connectivity index (χ4n) is 12.3. The Hall–Kier alpha value is -0.850. The molecule has 0 saturated heterocycles. The molecular weight excluding hydrogens is 468 g/mol. The fraction of sp³-hybridized carbons (Fsp3) is 0.968. The molecule has 0 amide bonds. The van der Waals surface area contributed by atoms with Crippen molar-refractivity contribution < 1.29 is 29.6 Å². The van der Waals surface area contributed by atoms with E-state index in [9.17, 15) is 20.1 Å². The first-order valence-electron chi connectivity index (χ1n) is 14.9. The van der Waals surface area contributed by atoms with Gasteiger partial charge in [0.15, 0.2) is 0 Å². The van der Waals surface area contributed by atoms with E-state index >= 15 is 0 Å². The molecule has 6 heteroatoms. The Kier molecular flexibility index (Phi) is 6.42. The molecule has 0 bridgehead atoms. The summed E-state index contributed by atoms with van der Waals surface area (Å²) >= 11 is 0. The summed E-state index contributed by atoms with van der Waals surface area (Å²) in [5.41, 5.74) is -0.114. The zero-order chi connectivity index (χ0) is 27.3. The third kappa shape index (κ3) is 3.18. The first-order valence-corrected chi connectivity index (χ1v) is 14.9. The van der Waals surface area contributed by atoms with Crippen molar-refractivity contribution in [2.24, 2.45) is 62.6 Å². The van der Waals surface area contributed by atoms with Crippen LogP contribution in [0.1, 0.15) is 93.4 Å². The van der Waals surface area contributed by atoms with Gasteiger partial charge in [0.25, 0.3) is 0 Å². The minimum atomic E-state index is -0.749. The van der Waals surface area contributed by atoms with Gasteiger partial charge >= 0.3 is 6.16 Å². The van der Waals surface area contributed by atoms with E-state index in [2.05, 4.69) is 53.2 Å². The number of fused-ring (bicyclic) bond motifs is 2. The first-order chi connectivity index (χ1) is 17.2. The highest BCUT2D eigenvalue weighted by atomic mass is 16.7. The van der Waals surface area contributed by atoms with Crippen LogP contribution >= 0.6 is 0 Å². The third-order valence-electron chi connectivity index (χ3n) is 14.0. The Bertz CT molecular complexity index is 919. The number of hydrogen-bond acceptors (Lipinski definition) is 6. The molecule has 6 nitrogen and oxygen atoms in total. The summed E-state index contributed by atoms with van der Waals surface area (Å²) in [4.78, 5) is 11.5. The lowest BCUT2D eigenvalue weighted by Gasteiger charge is -2.63. The van der Waals surface area contributed by atoms with Gasteiger partial charge in [0.2, 0.25) is 0 Å². The molecule has 3 N–H and O–H groups in total. The van der Waals surface area contributed by atoms with Gasteiger partial charge < -0.3 is 24.8 Å². The largest absolute Gasteiger partial charge is 0.507 e. The van der Waals surface area contributed by atoms with Gasteiger partial charge in [0.1, 0.15) is 0 Å². The SMILES string of the molecule is COC(=O)OCC(C)CC(C)C1C(O)C(O)C2(C)C3CCC4C(C)(C)C(O)CCC45C(C)C35CCC12C. The van der Waals surface area contributed by atoms with Crippen LogP contribution in [0.2, 0.25) is 0 Å². The Balaban J connectivity index is 1.44. The predicted octanol–water partition coefficient (Wildman–Crippen LogP) is 5.42. The Labute approximate surface area is 223 Å². The van der Waals surface area contributed by atoms with Crippen molar-refractivity contribution in [3.8, 4) is 0 Å². The maximum absolute atomic E-state index is 11.9. The quantitative estimate of drug-likeness (QED) is 0.419. The molecule has 0 aromatic heterocycles. The predicted molar refractivity (Wildman–Crippen MR) is 142 cm³/mol. The van der Waals surface area contributed by atoms with E-state index in [0.29, 0.717) is 24.4 Å². The molecule has 37 heavy (non-hydrogen) atoms. The zero-order valence-corrected chi connectivity index (χ0v) is 24.4. The minimum Gasteiger partial charge on any atom is -0.438 e. The molecule has 13 unspecified atom stereocenters. The summed E-state index contributed by atoms with van der Waals surface area (Å²) in [6.07, 6.45) is 4.80. The average molecular weight is 521 g/mol. The van der Waals surface area contributed by atoms with Crippen molar-refractivity contribution in [1.29, 1.82) is 0 Å². The molecule has 5 aliphatic carbocycles. The maximum atomic E-state index is 11.9. The van der Waals surface area contributed by atoms with Gasteiger partial charge in [0.05, 0.1) is 32.0 Å². The molecule has 5 aliphatic rings. The number of carbonyl (C=O) groups is 1. The van der Waals surface area contributed by atoms with Gasteiger partial charge in [-0.2, -0.15) is 0 Å². The molecule has 5 saturated carbocycles. The number of hydrogen-bond donors (Lipinski definition) is 3. The van der Waals surface area contributed by atoms with Crippen LogP contribution in [-0.2, 0) is 9.47 Å². The molecule has 13 atom stereocenters. The van der Waals surface area contributed by atoms with Gasteiger partial charge in [-0.1, -0.05) is 48.5 Å². The van der Waals surface area contributed by atoms with E-state index < -0.39 is 18.4 Å². The first kappa shape index (κ1) is 27.7. The normalized spacial score (nSPS) is 53.1. The van der Waals surface area contributed by atoms with Crippen molar-refractivity contribution in [3.63, 3.8) is 0 Å². The lowest BCUT2D eigenvalue weighted by Crippen LogP contribution is -2.59. The van der Waals surface area contributed by atoms with Crippen molar-refractivity contribution in [1.82, 2.24) is 0 Å². The van der Waals surface area contributed by atoms with E-state index in [1.807, 2.05) is 0 Å². The molecule has 5 fully saturated rings. The molecule has 0 heterocycles. The number of ether oxygens (including phenoxy) is 2. The van der Waals surface area contributed by atoms with Crippen LogP contribution in [-0.4, -0.2) is 53.5 Å². The number of rotatable bonds is 5. The third-order valence-corrected chi connectivity index (χ3v) is 14.0. The zero-order valence-electron chi connectivity index (χ0n) is 24.4. The van der Waals surface area contributed by atoms with Gasteiger partial charge in [-0.05, 0) is 102 Å². The number of aliphatic hydroxyl groups excluding tert-OH is 3. The monoisotopic (exact) mass is 520 g/mol. The highest BCUT2D eigenvalue weighted by molar-refractivity contribution is 5.59. The van der Waals surface area contributed by atoms with Crippen LogP contribution in [0.5, 0.6) is 0 Å². The lowest BCUT2D eigenvalue weighted by atomic mass is 9.41. The van der Waals surface area contributed by atoms with Gasteiger partial charge in [-0.3, -0.25) is 0 Å². The molecule has 0 aliphatic heterocycles. The standard InChI is InChI=1S/C31H52O6/c1-17(16-37-26(35)36-8)15-18(2)23-24(33)25(34)29(7)21-10-9-20-27(4,5)22(32)11-12-30(20)19(3)31(21,30)14-13-28(23,29)6/h17-25,32-34H,9-16H2,1-8H3. The second kappa shape index (κ2) is 8.57. The van der Waals surface area contributed by atoms with Crippen LogP contribution in [0, 0.1) is 62.6 Å². The molecule has 212 valence electrons. The molecular formula is C31H52O6. The van der Waals surface area contributed by atoms with Crippen molar-refractivity contribution >= 4 is 6.16 Å². The van der Waals surface area contributed by atoms with Gasteiger partial charge in [0, 0.05) is 5.41 Å².